The SMILES string of the molecule is CCN(CC)C(=O)/N=C(/SCCS/C(=N/C(=O)N(CC)CC)c1ccccc1)c1ccccc1. The second kappa shape index (κ2) is 15.3. The van der Waals surface area contributed by atoms with E-state index in [1.54, 1.807) is 33.3 Å². The van der Waals surface area contributed by atoms with E-state index in [0.717, 1.165) is 22.6 Å². The lowest BCUT2D eigenvalue weighted by Crippen LogP contribution is -2.28. The summed E-state index contributed by atoms with van der Waals surface area (Å²) in [6.07, 6.45) is 0. The van der Waals surface area contributed by atoms with Gasteiger partial charge in [0.15, 0.2) is 0 Å². The fourth-order valence-corrected chi connectivity index (χ4v) is 5.05. The average Bonchev–Trinajstić information content (AvgIpc) is 2.87. The molecule has 0 aliphatic rings. The van der Waals surface area contributed by atoms with Gasteiger partial charge in [-0.15, -0.1) is 23.5 Å². The number of hydrogen-bond donors (Lipinski definition) is 0. The van der Waals surface area contributed by atoms with E-state index >= 15 is 0 Å². The third-order valence-electron chi connectivity index (χ3n) is 5.06. The summed E-state index contributed by atoms with van der Waals surface area (Å²) in [5.74, 6) is 1.43. The minimum absolute atomic E-state index is 0.222. The molecule has 2 aromatic carbocycles. The predicted octanol–water partition coefficient (Wildman–Crippen LogP) is 6.27. The van der Waals surface area contributed by atoms with Crippen molar-refractivity contribution >= 4 is 45.7 Å². The van der Waals surface area contributed by atoms with Crippen molar-refractivity contribution < 1.29 is 9.59 Å². The standard InChI is InChI=1S/C26H34N4O2S2/c1-5-29(6-2)25(31)27-23(21-15-11-9-12-16-21)33-19-20-34-24(22-17-13-10-14-18-22)28-26(32)30(7-3)8-4/h9-18H,5-8,19-20H2,1-4H3/b27-23+,28-24+. The molecule has 0 N–H and O–H groups in total. The van der Waals surface area contributed by atoms with Crippen LogP contribution in [0.15, 0.2) is 70.6 Å². The van der Waals surface area contributed by atoms with Gasteiger partial charge in [-0.05, 0) is 27.7 Å². The topological polar surface area (TPSA) is 65.3 Å². The van der Waals surface area contributed by atoms with Crippen molar-refractivity contribution in [3.63, 3.8) is 0 Å². The van der Waals surface area contributed by atoms with Crippen LogP contribution in [-0.2, 0) is 0 Å². The third-order valence-corrected chi connectivity index (χ3v) is 7.34. The number of urea groups is 2. The van der Waals surface area contributed by atoms with Crippen LogP contribution in [-0.4, -0.2) is 69.6 Å². The highest BCUT2D eigenvalue weighted by atomic mass is 32.2. The van der Waals surface area contributed by atoms with Crippen LogP contribution in [0.2, 0.25) is 0 Å². The second-order valence-electron chi connectivity index (χ2n) is 7.17. The molecular weight excluding hydrogens is 464 g/mol. The van der Waals surface area contributed by atoms with Crippen molar-refractivity contribution in [2.45, 2.75) is 27.7 Å². The zero-order valence-electron chi connectivity index (χ0n) is 20.4. The number of rotatable bonds is 9. The first-order chi connectivity index (χ1) is 16.5. The Labute approximate surface area is 211 Å². The highest BCUT2D eigenvalue weighted by Gasteiger charge is 2.14. The highest BCUT2D eigenvalue weighted by molar-refractivity contribution is 8.17. The van der Waals surface area contributed by atoms with E-state index < -0.39 is 0 Å². The maximum absolute atomic E-state index is 12.6. The number of aliphatic imine (C=N–C) groups is 2. The molecule has 6 nitrogen and oxygen atoms in total. The summed E-state index contributed by atoms with van der Waals surface area (Å²) in [5.41, 5.74) is 1.85. The molecule has 0 aliphatic carbocycles. The predicted molar refractivity (Wildman–Crippen MR) is 148 cm³/mol. The molecule has 0 spiro atoms. The molecule has 0 fully saturated rings. The van der Waals surface area contributed by atoms with E-state index in [2.05, 4.69) is 9.98 Å². The van der Waals surface area contributed by atoms with Crippen LogP contribution in [0.25, 0.3) is 0 Å². The van der Waals surface area contributed by atoms with Gasteiger partial charge in [0, 0.05) is 48.8 Å². The summed E-state index contributed by atoms with van der Waals surface area (Å²) < 4.78 is 0. The maximum atomic E-state index is 12.6. The Bertz CT molecular complexity index is 878. The minimum atomic E-state index is -0.222. The van der Waals surface area contributed by atoms with E-state index in [4.69, 9.17) is 0 Å². The van der Waals surface area contributed by atoms with Crippen LogP contribution >= 0.6 is 23.5 Å². The van der Waals surface area contributed by atoms with Crippen molar-refractivity contribution in [1.29, 1.82) is 0 Å². The van der Waals surface area contributed by atoms with Gasteiger partial charge in [0.05, 0.1) is 0 Å². The summed E-state index contributed by atoms with van der Waals surface area (Å²) in [6, 6.07) is 19.1. The number of carbonyl (C=O) groups excluding carboxylic acids is 2. The van der Waals surface area contributed by atoms with Gasteiger partial charge >= 0.3 is 12.1 Å². The first-order valence-electron chi connectivity index (χ1n) is 11.7. The molecule has 0 radical (unpaired) electrons. The number of carbonyl (C=O) groups is 2. The number of thioether (sulfide) groups is 2. The summed E-state index contributed by atoms with van der Waals surface area (Å²) in [7, 11) is 0. The van der Waals surface area contributed by atoms with Gasteiger partial charge in [0.25, 0.3) is 0 Å². The Balaban J connectivity index is 2.14. The first-order valence-corrected chi connectivity index (χ1v) is 13.6. The second-order valence-corrected chi connectivity index (χ2v) is 9.34. The van der Waals surface area contributed by atoms with Crippen LogP contribution in [0.3, 0.4) is 0 Å². The van der Waals surface area contributed by atoms with Crippen molar-refractivity contribution in [3.05, 3.63) is 71.8 Å². The molecule has 0 aromatic heterocycles. The quantitative estimate of drug-likeness (QED) is 0.232. The van der Waals surface area contributed by atoms with Crippen LogP contribution in [0.1, 0.15) is 38.8 Å². The van der Waals surface area contributed by atoms with Crippen LogP contribution in [0.4, 0.5) is 9.59 Å². The molecule has 34 heavy (non-hydrogen) atoms. The Kier molecular flexibility index (Phi) is 12.5. The summed E-state index contributed by atoms with van der Waals surface area (Å²) in [4.78, 5) is 37.5. The molecular formula is C26H34N4O2S2. The van der Waals surface area contributed by atoms with Gasteiger partial charge in [-0.1, -0.05) is 60.7 Å². The van der Waals surface area contributed by atoms with E-state index in [-0.39, 0.29) is 12.1 Å². The lowest BCUT2D eigenvalue weighted by Gasteiger charge is -2.17. The van der Waals surface area contributed by atoms with E-state index in [0.29, 0.717) is 36.3 Å². The molecule has 182 valence electrons. The average molecular weight is 499 g/mol. The van der Waals surface area contributed by atoms with Gasteiger partial charge in [0.1, 0.15) is 10.1 Å². The molecule has 0 unspecified atom stereocenters. The van der Waals surface area contributed by atoms with Crippen LogP contribution in [0.5, 0.6) is 0 Å². The fourth-order valence-electron chi connectivity index (χ4n) is 3.10. The number of benzene rings is 2. The Hall–Kier alpha value is -2.58. The molecule has 0 atom stereocenters. The third kappa shape index (κ3) is 8.65. The Morgan fingerprint density at radius 3 is 1.24 bits per heavy atom. The molecule has 4 amide bonds. The molecule has 2 rings (SSSR count). The molecule has 0 saturated carbocycles. The van der Waals surface area contributed by atoms with E-state index in [1.807, 2.05) is 88.4 Å². The van der Waals surface area contributed by atoms with Gasteiger partial charge in [-0.3, -0.25) is 0 Å². The molecule has 0 saturated heterocycles. The van der Waals surface area contributed by atoms with Gasteiger partial charge in [0.2, 0.25) is 0 Å². The molecule has 0 bridgehead atoms. The van der Waals surface area contributed by atoms with Gasteiger partial charge in [-0.25, -0.2) is 9.59 Å². The summed E-state index contributed by atoms with van der Waals surface area (Å²) >= 11 is 3.09. The van der Waals surface area contributed by atoms with Crippen molar-refractivity contribution in [1.82, 2.24) is 9.80 Å². The van der Waals surface area contributed by atoms with Crippen molar-refractivity contribution in [3.8, 4) is 0 Å². The number of amides is 4. The number of nitrogens with zero attached hydrogens (tertiary/aromatic N) is 4. The van der Waals surface area contributed by atoms with Crippen LogP contribution < -0.4 is 0 Å². The van der Waals surface area contributed by atoms with E-state index in [1.165, 1.54) is 0 Å². The van der Waals surface area contributed by atoms with E-state index in [9.17, 15) is 9.59 Å². The zero-order chi connectivity index (χ0) is 24.8. The zero-order valence-corrected chi connectivity index (χ0v) is 22.1. The first kappa shape index (κ1) is 27.7. The monoisotopic (exact) mass is 498 g/mol. The van der Waals surface area contributed by atoms with Gasteiger partial charge < -0.3 is 9.80 Å². The van der Waals surface area contributed by atoms with Gasteiger partial charge in [-0.2, -0.15) is 9.98 Å². The lowest BCUT2D eigenvalue weighted by atomic mass is 10.2. The smallest absolute Gasteiger partial charge is 0.323 e. The Morgan fingerprint density at radius 1 is 0.618 bits per heavy atom. The fraction of sp³-hybridized carbons (Fsp3) is 0.385. The molecule has 8 heteroatoms. The summed E-state index contributed by atoms with van der Waals surface area (Å²) in [6.45, 7) is 10.3. The number of hydrogen-bond acceptors (Lipinski definition) is 4. The van der Waals surface area contributed by atoms with Crippen LogP contribution in [0, 0.1) is 0 Å². The highest BCUT2D eigenvalue weighted by Crippen LogP contribution is 2.20. The molecule has 0 heterocycles. The molecule has 0 aliphatic heterocycles. The van der Waals surface area contributed by atoms with Crippen molar-refractivity contribution in [2.75, 3.05) is 37.7 Å². The normalized spacial score (nSPS) is 11.9. The maximum Gasteiger partial charge on any atom is 0.344 e. The molecule has 2 aromatic rings. The lowest BCUT2D eigenvalue weighted by molar-refractivity contribution is 0.213. The largest absolute Gasteiger partial charge is 0.344 e. The minimum Gasteiger partial charge on any atom is -0.323 e. The van der Waals surface area contributed by atoms with Crippen molar-refractivity contribution in [2.24, 2.45) is 9.98 Å². The summed E-state index contributed by atoms with van der Waals surface area (Å²) in [5, 5.41) is 1.41. The Morgan fingerprint density at radius 2 is 0.941 bits per heavy atom.